The van der Waals surface area contributed by atoms with Crippen molar-refractivity contribution in [1.29, 1.82) is 0 Å². The third kappa shape index (κ3) is 2.87. The molecule has 1 aromatic heterocycles. The Morgan fingerprint density at radius 2 is 2.43 bits per heavy atom. The quantitative estimate of drug-likeness (QED) is 0.581. The Labute approximate surface area is 95.5 Å². The molecule has 4 nitrogen and oxygen atoms in total. The first-order chi connectivity index (χ1) is 6.81. The van der Waals surface area contributed by atoms with E-state index in [1.807, 2.05) is 6.26 Å². The summed E-state index contributed by atoms with van der Waals surface area (Å²) in [7, 11) is 0. The molecule has 0 aromatic carbocycles. The van der Waals surface area contributed by atoms with Crippen molar-refractivity contribution < 1.29 is 17.0 Å². The van der Waals surface area contributed by atoms with Crippen LogP contribution in [0.4, 0.5) is 0 Å². The zero-order valence-electron chi connectivity index (χ0n) is 7.58. The van der Waals surface area contributed by atoms with Crippen LogP contribution in [-0.2, 0) is 17.0 Å². The molecule has 0 unspecified atom stereocenters. The first-order valence-electron chi connectivity index (χ1n) is 3.71. The minimum absolute atomic E-state index is 0.560. The molecule has 1 aromatic rings. The third-order valence-electron chi connectivity index (χ3n) is 1.31. The van der Waals surface area contributed by atoms with Crippen molar-refractivity contribution in [3.05, 3.63) is 24.9 Å². The van der Waals surface area contributed by atoms with E-state index in [1.165, 1.54) is 24.3 Å². The van der Waals surface area contributed by atoms with Crippen molar-refractivity contribution in [1.82, 2.24) is 15.0 Å². The molecule has 0 saturated carbocycles. The number of nitrogens with zero attached hydrogens (tertiary/aromatic N) is 4. The second-order valence-corrected chi connectivity index (χ2v) is 3.30. The Kier molecular flexibility index (Phi) is 4.72. The van der Waals surface area contributed by atoms with Crippen LogP contribution in [0.1, 0.15) is 5.82 Å². The maximum atomic E-state index is 4.20. The van der Waals surface area contributed by atoms with Gasteiger partial charge in [0.25, 0.3) is 0 Å². The maximum absolute atomic E-state index is 4.20. The molecule has 0 aliphatic carbocycles. The summed E-state index contributed by atoms with van der Waals surface area (Å²) in [6, 6.07) is 0. The molecule has 0 saturated heterocycles. The van der Waals surface area contributed by atoms with Gasteiger partial charge in [0.05, 0.1) is 0 Å². The Hall–Kier alpha value is -0.776. The third-order valence-corrected chi connectivity index (χ3v) is 2.26. The second kappa shape index (κ2) is 5.85. The Balaban J connectivity index is 3.10. The van der Waals surface area contributed by atoms with Gasteiger partial charge >= 0.3 is 95.5 Å². The molecule has 1 heterocycles. The van der Waals surface area contributed by atoms with Crippen LogP contribution in [0.2, 0.25) is 0 Å². The average Bonchev–Trinajstić information content (AvgIpc) is 2.26. The van der Waals surface area contributed by atoms with E-state index in [4.69, 9.17) is 0 Å². The summed E-state index contributed by atoms with van der Waals surface area (Å²) in [5, 5.41) is 0.682. The number of hydrogen-bond acceptors (Lipinski definition) is 5. The van der Waals surface area contributed by atoms with Crippen molar-refractivity contribution in [2.24, 2.45) is 4.99 Å². The number of hydrogen-bond donors (Lipinski definition) is 0. The summed E-state index contributed by atoms with van der Waals surface area (Å²) in [4.78, 5) is 16.2. The van der Waals surface area contributed by atoms with Gasteiger partial charge in [0, 0.05) is 0 Å². The molecule has 0 radical (unpaired) electrons. The van der Waals surface area contributed by atoms with E-state index < -0.39 is 0 Å². The van der Waals surface area contributed by atoms with Gasteiger partial charge < -0.3 is 0 Å². The van der Waals surface area contributed by atoms with Crippen LogP contribution in [-0.4, -0.2) is 31.6 Å². The van der Waals surface area contributed by atoms with Crippen molar-refractivity contribution in [3.63, 3.8) is 0 Å². The molecule has 0 aliphatic rings. The number of thioether (sulfide) groups is 1. The Morgan fingerprint density at radius 1 is 1.64 bits per heavy atom. The van der Waals surface area contributed by atoms with Crippen LogP contribution in [0.5, 0.6) is 0 Å². The van der Waals surface area contributed by atoms with Crippen LogP contribution >= 0.6 is 11.8 Å². The van der Waals surface area contributed by atoms with Crippen LogP contribution in [0, 0.1) is 0 Å². The van der Waals surface area contributed by atoms with Gasteiger partial charge in [-0.1, -0.05) is 0 Å². The van der Waals surface area contributed by atoms with Crippen molar-refractivity contribution in [3.8, 4) is 0 Å². The molecule has 0 atom stereocenters. The molecule has 71 valence electrons. The summed E-state index contributed by atoms with van der Waals surface area (Å²) < 4.78 is 1.77. The fourth-order valence-electron chi connectivity index (χ4n) is 0.750. The molecule has 6 heteroatoms. The molecule has 0 fully saturated rings. The monoisotopic (exact) mass is 243 g/mol. The predicted molar refractivity (Wildman–Crippen MR) is 54.4 cm³/mol. The van der Waals surface area contributed by atoms with Crippen LogP contribution in [0.3, 0.4) is 0 Å². The zero-order valence-corrected chi connectivity index (χ0v) is 9.80. The first kappa shape index (κ1) is 11.3. The van der Waals surface area contributed by atoms with Crippen molar-refractivity contribution >= 4 is 22.2 Å². The average molecular weight is 243 g/mol. The van der Waals surface area contributed by atoms with E-state index in [1.54, 1.807) is 4.73 Å². The molecule has 0 N–H and O–H groups in total. The number of rotatable bonds is 4. The van der Waals surface area contributed by atoms with Gasteiger partial charge in [0.15, 0.2) is 0 Å². The SMILES string of the molecule is C=CN=C([CH]=[V])c1ncnc(SC)n1. The molecule has 0 spiro atoms. The Morgan fingerprint density at radius 3 is 3.00 bits per heavy atom. The van der Waals surface area contributed by atoms with E-state index in [0.29, 0.717) is 16.7 Å². The standard InChI is InChI=1S/C8H8N4S.V/c1-4-9-6(2)7-10-5-11-8(12-7)13-3;/h2,4-5H,1H2,3H3;. The molecule has 0 bridgehead atoms. The zero-order chi connectivity index (χ0) is 10.4. The van der Waals surface area contributed by atoms with Crippen LogP contribution in [0.15, 0.2) is 29.3 Å². The van der Waals surface area contributed by atoms with Gasteiger partial charge in [-0.2, -0.15) is 0 Å². The molecular formula is C8H8N4SV. The fraction of sp³-hybridized carbons (Fsp3) is 0.125. The minimum atomic E-state index is 0.560. The van der Waals surface area contributed by atoms with Gasteiger partial charge in [-0.15, -0.1) is 0 Å². The first-order valence-corrected chi connectivity index (χ1v) is 5.74. The molecule has 1 rings (SSSR count). The van der Waals surface area contributed by atoms with Gasteiger partial charge in [0.1, 0.15) is 0 Å². The topological polar surface area (TPSA) is 51.0 Å². The normalized spacial score (nSPS) is 11.0. The van der Waals surface area contributed by atoms with Crippen LogP contribution in [0.25, 0.3) is 0 Å². The van der Waals surface area contributed by atoms with E-state index in [-0.39, 0.29) is 0 Å². The number of aromatic nitrogens is 3. The summed E-state index contributed by atoms with van der Waals surface area (Å²) in [5.74, 6) is 0.560. The van der Waals surface area contributed by atoms with E-state index in [0.717, 1.165) is 0 Å². The van der Waals surface area contributed by atoms with Gasteiger partial charge in [-0.3, -0.25) is 0 Å². The summed E-state index contributed by atoms with van der Waals surface area (Å²) in [5.41, 5.74) is 0.678. The molecule has 0 aliphatic heterocycles. The molecule has 0 amide bonds. The van der Waals surface area contributed by atoms with E-state index in [9.17, 15) is 0 Å². The Bertz CT molecular complexity index is 377. The predicted octanol–water partition coefficient (Wildman–Crippen LogP) is 0.875. The van der Waals surface area contributed by atoms with Crippen LogP contribution < -0.4 is 0 Å². The van der Waals surface area contributed by atoms with E-state index in [2.05, 4.69) is 43.5 Å². The van der Waals surface area contributed by atoms with E-state index >= 15 is 0 Å². The van der Waals surface area contributed by atoms with Gasteiger partial charge in [0.2, 0.25) is 0 Å². The summed E-state index contributed by atoms with van der Waals surface area (Å²) in [6.45, 7) is 3.53. The van der Waals surface area contributed by atoms with Crippen molar-refractivity contribution in [2.45, 2.75) is 5.16 Å². The molecular weight excluding hydrogens is 235 g/mol. The van der Waals surface area contributed by atoms with Gasteiger partial charge in [-0.05, 0) is 0 Å². The van der Waals surface area contributed by atoms with Crippen molar-refractivity contribution in [2.75, 3.05) is 6.26 Å². The number of aliphatic imine (C=N–C) groups is 1. The summed E-state index contributed by atoms with van der Waals surface area (Å²) in [6.07, 6.45) is 4.85. The second-order valence-electron chi connectivity index (χ2n) is 2.12. The molecule has 14 heavy (non-hydrogen) atoms. The van der Waals surface area contributed by atoms with Gasteiger partial charge in [-0.25, -0.2) is 0 Å². The fourth-order valence-corrected chi connectivity index (χ4v) is 1.36. The summed E-state index contributed by atoms with van der Waals surface area (Å²) >= 11 is 3.78.